The minimum Gasteiger partial charge on any atom is -0.393 e. The Morgan fingerprint density at radius 1 is 1.13 bits per heavy atom. The van der Waals surface area contributed by atoms with E-state index in [0.29, 0.717) is 5.92 Å². The van der Waals surface area contributed by atoms with Crippen molar-refractivity contribution in [1.29, 1.82) is 0 Å². The fraction of sp³-hybridized carbons (Fsp3) is 1.00. The first kappa shape index (κ1) is 11.4. The van der Waals surface area contributed by atoms with Crippen LogP contribution >= 0.6 is 0 Å². The highest BCUT2D eigenvalue weighted by Gasteiger charge is 2.40. The molecule has 4 atom stereocenters. The quantitative estimate of drug-likeness (QED) is 0.735. The van der Waals surface area contributed by atoms with E-state index in [9.17, 15) is 5.11 Å². The fourth-order valence-corrected chi connectivity index (χ4v) is 4.00. The highest BCUT2D eigenvalue weighted by atomic mass is 16.3. The van der Waals surface area contributed by atoms with Crippen LogP contribution in [0.4, 0.5) is 0 Å². The molecule has 0 aromatic heterocycles. The highest BCUT2D eigenvalue weighted by Crippen LogP contribution is 2.50. The molecule has 1 nitrogen and oxygen atoms in total. The molecular formula is C14H26O. The number of aliphatic hydroxyl groups excluding tert-OH is 1. The Hall–Kier alpha value is -0.0400. The summed E-state index contributed by atoms with van der Waals surface area (Å²) in [5.74, 6) is 3.40. The molecule has 4 unspecified atom stereocenters. The second-order valence-corrected chi connectivity index (χ2v) is 5.81. The van der Waals surface area contributed by atoms with Crippen molar-refractivity contribution in [2.45, 2.75) is 64.9 Å². The lowest BCUT2D eigenvalue weighted by molar-refractivity contribution is 0.0666. The van der Waals surface area contributed by atoms with Crippen molar-refractivity contribution in [3.05, 3.63) is 0 Å². The van der Waals surface area contributed by atoms with Crippen LogP contribution in [0.3, 0.4) is 0 Å². The predicted octanol–water partition coefficient (Wildman–Crippen LogP) is 3.61. The highest BCUT2D eigenvalue weighted by molar-refractivity contribution is 4.91. The summed E-state index contributed by atoms with van der Waals surface area (Å²) in [6, 6.07) is 0. The summed E-state index contributed by atoms with van der Waals surface area (Å²) in [5.41, 5.74) is 0. The minimum atomic E-state index is -0.0238. The van der Waals surface area contributed by atoms with Gasteiger partial charge in [0.2, 0.25) is 0 Å². The Labute approximate surface area is 94.3 Å². The topological polar surface area (TPSA) is 20.2 Å². The number of fused-ring (bicyclic) bond motifs is 2. The van der Waals surface area contributed by atoms with Crippen LogP contribution in [0.15, 0.2) is 0 Å². The number of rotatable bonds is 5. The molecule has 1 N–H and O–H groups in total. The average Bonchev–Trinajstić information content (AvgIpc) is 2.81. The molecule has 2 bridgehead atoms. The molecule has 2 rings (SSSR count). The number of aliphatic hydroxyl groups is 1. The molecule has 2 aliphatic rings. The maximum absolute atomic E-state index is 10.2. The van der Waals surface area contributed by atoms with Crippen LogP contribution < -0.4 is 0 Å². The second-order valence-electron chi connectivity index (χ2n) is 5.81. The van der Waals surface area contributed by atoms with E-state index in [2.05, 4.69) is 13.8 Å². The molecule has 15 heavy (non-hydrogen) atoms. The van der Waals surface area contributed by atoms with E-state index in [1.165, 1.54) is 25.7 Å². The van der Waals surface area contributed by atoms with E-state index in [1.54, 1.807) is 0 Å². The predicted molar refractivity (Wildman–Crippen MR) is 63.6 cm³/mol. The zero-order valence-electron chi connectivity index (χ0n) is 10.3. The lowest BCUT2D eigenvalue weighted by atomic mass is 9.81. The van der Waals surface area contributed by atoms with Gasteiger partial charge >= 0.3 is 0 Å². The van der Waals surface area contributed by atoms with Gasteiger partial charge in [-0.2, -0.15) is 0 Å². The molecular weight excluding hydrogens is 184 g/mol. The Morgan fingerprint density at radius 2 is 1.87 bits per heavy atom. The standard InChI is InChI=1S/C14H26O/c1-3-11(4-2)14(15)9-13-8-10-5-6-12(13)7-10/h10-15H,3-9H2,1-2H3. The first-order valence-corrected chi connectivity index (χ1v) is 6.92. The van der Waals surface area contributed by atoms with Crippen molar-refractivity contribution in [2.75, 3.05) is 0 Å². The third-order valence-electron chi connectivity index (χ3n) is 5.02. The summed E-state index contributed by atoms with van der Waals surface area (Å²) >= 11 is 0. The van der Waals surface area contributed by atoms with Crippen LogP contribution in [0.2, 0.25) is 0 Å². The first-order valence-electron chi connectivity index (χ1n) is 6.92. The lowest BCUT2D eigenvalue weighted by Gasteiger charge is -2.27. The number of hydrogen-bond acceptors (Lipinski definition) is 1. The Balaban J connectivity index is 1.81. The lowest BCUT2D eigenvalue weighted by Crippen LogP contribution is -2.25. The maximum Gasteiger partial charge on any atom is 0.0570 e. The third-order valence-corrected chi connectivity index (χ3v) is 5.02. The second kappa shape index (κ2) is 4.86. The number of hydrogen-bond donors (Lipinski definition) is 1. The zero-order chi connectivity index (χ0) is 10.8. The van der Waals surface area contributed by atoms with Crippen LogP contribution in [0, 0.1) is 23.7 Å². The molecule has 0 amide bonds. The minimum absolute atomic E-state index is 0.0238. The van der Waals surface area contributed by atoms with Crippen molar-refractivity contribution in [2.24, 2.45) is 23.7 Å². The largest absolute Gasteiger partial charge is 0.393 e. The van der Waals surface area contributed by atoms with E-state index in [0.717, 1.165) is 37.0 Å². The summed E-state index contributed by atoms with van der Waals surface area (Å²) in [6.45, 7) is 4.41. The first-order chi connectivity index (χ1) is 7.24. The van der Waals surface area contributed by atoms with Gasteiger partial charge in [0, 0.05) is 0 Å². The Kier molecular flexibility index (Phi) is 3.71. The monoisotopic (exact) mass is 210 g/mol. The molecule has 0 heterocycles. The van der Waals surface area contributed by atoms with E-state index >= 15 is 0 Å². The van der Waals surface area contributed by atoms with E-state index in [4.69, 9.17) is 0 Å². The van der Waals surface area contributed by atoms with Gasteiger partial charge in [0.15, 0.2) is 0 Å². The molecule has 2 aliphatic carbocycles. The van der Waals surface area contributed by atoms with Crippen LogP contribution in [0.25, 0.3) is 0 Å². The van der Waals surface area contributed by atoms with Gasteiger partial charge in [-0.15, -0.1) is 0 Å². The Bertz CT molecular complexity index is 198. The summed E-state index contributed by atoms with van der Waals surface area (Å²) in [5, 5.41) is 10.2. The van der Waals surface area contributed by atoms with Gasteiger partial charge in [0.1, 0.15) is 0 Å². The van der Waals surface area contributed by atoms with Crippen molar-refractivity contribution < 1.29 is 5.11 Å². The van der Waals surface area contributed by atoms with E-state index in [1.807, 2.05) is 0 Å². The van der Waals surface area contributed by atoms with E-state index in [-0.39, 0.29) is 6.10 Å². The van der Waals surface area contributed by atoms with Gasteiger partial charge in [-0.05, 0) is 49.4 Å². The van der Waals surface area contributed by atoms with Crippen LogP contribution in [-0.2, 0) is 0 Å². The van der Waals surface area contributed by atoms with Gasteiger partial charge in [0.05, 0.1) is 6.10 Å². The summed E-state index contributed by atoms with van der Waals surface area (Å²) in [6.07, 6.45) is 9.16. The van der Waals surface area contributed by atoms with Gasteiger partial charge < -0.3 is 5.11 Å². The maximum atomic E-state index is 10.2. The summed E-state index contributed by atoms with van der Waals surface area (Å²) in [4.78, 5) is 0. The molecule has 88 valence electrons. The fourth-order valence-electron chi connectivity index (χ4n) is 4.00. The molecule has 0 aromatic carbocycles. The molecule has 1 heteroatoms. The molecule has 0 radical (unpaired) electrons. The zero-order valence-corrected chi connectivity index (χ0v) is 10.3. The van der Waals surface area contributed by atoms with Crippen LogP contribution in [0.5, 0.6) is 0 Å². The summed E-state index contributed by atoms with van der Waals surface area (Å²) in [7, 11) is 0. The summed E-state index contributed by atoms with van der Waals surface area (Å²) < 4.78 is 0. The smallest absolute Gasteiger partial charge is 0.0570 e. The Morgan fingerprint density at radius 3 is 2.33 bits per heavy atom. The van der Waals surface area contributed by atoms with Gasteiger partial charge in [-0.25, -0.2) is 0 Å². The molecule has 0 spiro atoms. The average molecular weight is 210 g/mol. The third kappa shape index (κ3) is 2.38. The molecule has 2 fully saturated rings. The molecule has 0 saturated heterocycles. The van der Waals surface area contributed by atoms with Gasteiger partial charge in [-0.3, -0.25) is 0 Å². The van der Waals surface area contributed by atoms with Gasteiger partial charge in [-0.1, -0.05) is 33.1 Å². The van der Waals surface area contributed by atoms with E-state index < -0.39 is 0 Å². The van der Waals surface area contributed by atoms with Gasteiger partial charge in [0.25, 0.3) is 0 Å². The van der Waals surface area contributed by atoms with Crippen molar-refractivity contribution in [1.82, 2.24) is 0 Å². The normalized spacial score (nSPS) is 36.4. The van der Waals surface area contributed by atoms with Crippen LogP contribution in [0.1, 0.15) is 58.8 Å². The van der Waals surface area contributed by atoms with Crippen molar-refractivity contribution >= 4 is 0 Å². The van der Waals surface area contributed by atoms with Crippen molar-refractivity contribution in [3.63, 3.8) is 0 Å². The van der Waals surface area contributed by atoms with Crippen molar-refractivity contribution in [3.8, 4) is 0 Å². The van der Waals surface area contributed by atoms with Crippen LogP contribution in [-0.4, -0.2) is 11.2 Å². The molecule has 0 aliphatic heterocycles. The molecule has 2 saturated carbocycles. The SMILES string of the molecule is CCC(CC)C(O)CC1CC2CCC1C2. The molecule has 0 aromatic rings.